The Morgan fingerprint density at radius 3 is 2.41 bits per heavy atom. The van der Waals surface area contributed by atoms with Gasteiger partial charge in [0.05, 0.1) is 12.1 Å². The first kappa shape index (κ1) is 22.8. The SMILES string of the molecule is CC(C)(C)OC(=O)NCC1CCN(C(=O)CNc2cccc(C(F)(F)F)c2)CC1. The number of alkyl carbamates (subject to hydrolysis) is 1. The van der Waals surface area contributed by atoms with Crippen molar-refractivity contribution in [3.8, 4) is 0 Å². The quantitative estimate of drug-likeness (QED) is 0.766. The summed E-state index contributed by atoms with van der Waals surface area (Å²) in [6, 6.07) is 4.78. The molecule has 1 aromatic carbocycles. The zero-order valence-corrected chi connectivity index (χ0v) is 16.9. The number of benzene rings is 1. The minimum Gasteiger partial charge on any atom is -0.444 e. The predicted molar refractivity (Wildman–Crippen MR) is 103 cm³/mol. The number of carbonyl (C=O) groups is 2. The standard InChI is InChI=1S/C20H28F3N3O3/c1-19(2,3)29-18(28)25-12-14-7-9-26(10-8-14)17(27)13-24-16-6-4-5-15(11-16)20(21,22)23/h4-6,11,14,24H,7-10,12-13H2,1-3H3,(H,25,28). The first-order valence-electron chi connectivity index (χ1n) is 9.60. The van der Waals surface area contributed by atoms with Gasteiger partial charge < -0.3 is 20.3 Å². The monoisotopic (exact) mass is 415 g/mol. The number of hydrogen-bond donors (Lipinski definition) is 2. The number of amides is 2. The van der Waals surface area contributed by atoms with Crippen LogP contribution in [-0.2, 0) is 15.7 Å². The molecule has 2 amide bonds. The van der Waals surface area contributed by atoms with Crippen LogP contribution >= 0.6 is 0 Å². The van der Waals surface area contributed by atoms with E-state index in [2.05, 4.69) is 10.6 Å². The van der Waals surface area contributed by atoms with Gasteiger partial charge >= 0.3 is 12.3 Å². The van der Waals surface area contributed by atoms with Gasteiger partial charge in [-0.05, 0) is 57.7 Å². The summed E-state index contributed by atoms with van der Waals surface area (Å²) in [5.41, 5.74) is -1.05. The van der Waals surface area contributed by atoms with Crippen LogP contribution in [0.4, 0.5) is 23.7 Å². The van der Waals surface area contributed by atoms with Gasteiger partial charge in [0.15, 0.2) is 0 Å². The molecular weight excluding hydrogens is 387 g/mol. The van der Waals surface area contributed by atoms with Gasteiger partial charge in [0.25, 0.3) is 0 Å². The number of ether oxygens (including phenoxy) is 1. The molecule has 0 saturated carbocycles. The lowest BCUT2D eigenvalue weighted by molar-refractivity contribution is -0.137. The fraction of sp³-hybridized carbons (Fsp3) is 0.600. The van der Waals surface area contributed by atoms with Gasteiger partial charge in [0.1, 0.15) is 5.60 Å². The van der Waals surface area contributed by atoms with Gasteiger partial charge in [-0.25, -0.2) is 4.79 Å². The molecule has 162 valence electrons. The maximum atomic E-state index is 12.8. The zero-order chi connectivity index (χ0) is 21.7. The highest BCUT2D eigenvalue weighted by molar-refractivity contribution is 5.81. The largest absolute Gasteiger partial charge is 0.444 e. The number of nitrogens with zero attached hydrogens (tertiary/aromatic N) is 1. The summed E-state index contributed by atoms with van der Waals surface area (Å²) >= 11 is 0. The Hall–Kier alpha value is -2.45. The van der Waals surface area contributed by atoms with Crippen molar-refractivity contribution in [3.63, 3.8) is 0 Å². The van der Waals surface area contributed by atoms with Gasteiger partial charge in [-0.3, -0.25) is 4.79 Å². The predicted octanol–water partition coefficient (Wildman–Crippen LogP) is 3.88. The third kappa shape index (κ3) is 7.83. The summed E-state index contributed by atoms with van der Waals surface area (Å²) in [5.74, 6) is 0.0870. The molecule has 1 aliphatic rings. The summed E-state index contributed by atoms with van der Waals surface area (Å²) in [6.07, 6.45) is -3.39. The molecule has 1 aliphatic heterocycles. The summed E-state index contributed by atoms with van der Waals surface area (Å²) < 4.78 is 43.5. The second kappa shape index (κ2) is 9.37. The first-order chi connectivity index (χ1) is 13.4. The summed E-state index contributed by atoms with van der Waals surface area (Å²) in [6.45, 7) is 6.90. The Kier molecular flexibility index (Phi) is 7.37. The van der Waals surface area contributed by atoms with Crippen LogP contribution in [0.15, 0.2) is 24.3 Å². The molecule has 9 heteroatoms. The fourth-order valence-corrected chi connectivity index (χ4v) is 3.02. The van der Waals surface area contributed by atoms with Crippen LogP contribution in [0, 0.1) is 5.92 Å². The van der Waals surface area contributed by atoms with E-state index in [1.54, 1.807) is 25.7 Å². The van der Waals surface area contributed by atoms with Crippen molar-refractivity contribution < 1.29 is 27.5 Å². The highest BCUT2D eigenvalue weighted by Gasteiger charge is 2.30. The normalized spacial score (nSPS) is 15.7. The Labute approximate surface area is 168 Å². The Morgan fingerprint density at radius 1 is 1.17 bits per heavy atom. The van der Waals surface area contributed by atoms with E-state index in [4.69, 9.17) is 4.74 Å². The summed E-state index contributed by atoms with van der Waals surface area (Å²) in [4.78, 5) is 25.7. The Balaban J connectivity index is 1.73. The maximum absolute atomic E-state index is 12.8. The molecule has 2 rings (SSSR count). The minimum absolute atomic E-state index is 0.0673. The average Bonchev–Trinajstić information content (AvgIpc) is 2.63. The molecule has 1 aromatic rings. The van der Waals surface area contributed by atoms with Crippen molar-refractivity contribution in [2.75, 3.05) is 31.5 Å². The molecule has 0 radical (unpaired) electrons. The van der Waals surface area contributed by atoms with Gasteiger partial charge in [-0.2, -0.15) is 13.2 Å². The number of piperidine rings is 1. The molecule has 0 atom stereocenters. The minimum atomic E-state index is -4.42. The van der Waals surface area contributed by atoms with Crippen molar-refractivity contribution in [1.82, 2.24) is 10.2 Å². The smallest absolute Gasteiger partial charge is 0.416 e. The highest BCUT2D eigenvalue weighted by atomic mass is 19.4. The molecule has 2 N–H and O–H groups in total. The molecule has 0 unspecified atom stereocenters. The number of hydrogen-bond acceptors (Lipinski definition) is 4. The summed E-state index contributed by atoms with van der Waals surface area (Å²) in [5, 5.41) is 5.51. The van der Waals surface area contributed by atoms with Gasteiger partial charge in [0.2, 0.25) is 5.91 Å². The molecule has 0 spiro atoms. The van der Waals surface area contributed by atoms with E-state index in [1.807, 2.05) is 0 Å². The lowest BCUT2D eigenvalue weighted by atomic mass is 9.97. The molecule has 0 bridgehead atoms. The maximum Gasteiger partial charge on any atom is 0.416 e. The van der Waals surface area contributed by atoms with E-state index in [0.717, 1.165) is 25.0 Å². The van der Waals surface area contributed by atoms with Crippen molar-refractivity contribution in [1.29, 1.82) is 0 Å². The first-order valence-corrected chi connectivity index (χ1v) is 9.60. The Morgan fingerprint density at radius 2 is 1.83 bits per heavy atom. The van der Waals surface area contributed by atoms with E-state index in [0.29, 0.717) is 19.6 Å². The van der Waals surface area contributed by atoms with E-state index in [1.165, 1.54) is 12.1 Å². The number of carbonyl (C=O) groups excluding carboxylic acids is 2. The fourth-order valence-electron chi connectivity index (χ4n) is 3.02. The van der Waals surface area contributed by atoms with Gasteiger partial charge in [0, 0.05) is 25.3 Å². The van der Waals surface area contributed by atoms with Crippen molar-refractivity contribution in [3.05, 3.63) is 29.8 Å². The number of alkyl halides is 3. The Bertz CT molecular complexity index is 709. The molecular formula is C20H28F3N3O3. The number of nitrogens with one attached hydrogen (secondary N) is 2. The number of rotatable bonds is 5. The number of likely N-dealkylation sites (tertiary alicyclic amines) is 1. The average molecular weight is 415 g/mol. The lowest BCUT2D eigenvalue weighted by Gasteiger charge is -2.32. The van der Waals surface area contributed by atoms with Crippen LogP contribution in [0.1, 0.15) is 39.2 Å². The zero-order valence-electron chi connectivity index (χ0n) is 16.9. The van der Waals surface area contributed by atoms with Crippen molar-refractivity contribution >= 4 is 17.7 Å². The molecule has 6 nitrogen and oxygen atoms in total. The second-order valence-electron chi connectivity index (χ2n) is 8.14. The van der Waals surface area contributed by atoms with Crippen molar-refractivity contribution in [2.24, 2.45) is 5.92 Å². The van der Waals surface area contributed by atoms with Crippen LogP contribution in [0.25, 0.3) is 0 Å². The van der Waals surface area contributed by atoms with Crippen LogP contribution in [0.5, 0.6) is 0 Å². The van der Waals surface area contributed by atoms with E-state index < -0.39 is 23.4 Å². The molecule has 0 aliphatic carbocycles. The topological polar surface area (TPSA) is 70.7 Å². The lowest BCUT2D eigenvalue weighted by Crippen LogP contribution is -2.44. The van der Waals surface area contributed by atoms with Crippen LogP contribution in [0.2, 0.25) is 0 Å². The molecule has 29 heavy (non-hydrogen) atoms. The third-order valence-electron chi connectivity index (χ3n) is 4.53. The van der Waals surface area contributed by atoms with Crippen molar-refractivity contribution in [2.45, 2.75) is 45.4 Å². The van der Waals surface area contributed by atoms with Crippen LogP contribution < -0.4 is 10.6 Å². The second-order valence-corrected chi connectivity index (χ2v) is 8.14. The van der Waals surface area contributed by atoms with Gasteiger partial charge in [-0.15, -0.1) is 0 Å². The molecule has 1 saturated heterocycles. The van der Waals surface area contributed by atoms with E-state index >= 15 is 0 Å². The van der Waals surface area contributed by atoms with E-state index in [-0.39, 0.29) is 24.1 Å². The molecule has 1 heterocycles. The van der Waals surface area contributed by atoms with E-state index in [9.17, 15) is 22.8 Å². The summed E-state index contributed by atoms with van der Waals surface area (Å²) in [7, 11) is 0. The van der Waals surface area contributed by atoms with Gasteiger partial charge in [-0.1, -0.05) is 6.07 Å². The van der Waals surface area contributed by atoms with Crippen LogP contribution in [0.3, 0.4) is 0 Å². The molecule has 0 aromatic heterocycles. The third-order valence-corrected chi connectivity index (χ3v) is 4.53. The van der Waals surface area contributed by atoms with Crippen LogP contribution in [-0.4, -0.2) is 48.7 Å². The highest BCUT2D eigenvalue weighted by Crippen LogP contribution is 2.30. The molecule has 1 fully saturated rings. The number of anilines is 1. The number of halogens is 3.